The highest BCUT2D eigenvalue weighted by Crippen LogP contribution is 2.28. The van der Waals surface area contributed by atoms with Gasteiger partial charge in [0.1, 0.15) is 0 Å². The normalized spacial score (nSPS) is 10.3. The lowest BCUT2D eigenvalue weighted by molar-refractivity contribution is 1.33. The van der Waals surface area contributed by atoms with Crippen LogP contribution >= 0.6 is 44.2 Å². The van der Waals surface area contributed by atoms with Crippen molar-refractivity contribution < 1.29 is 0 Å². The number of rotatable bonds is 2. The molecule has 0 aliphatic rings. The van der Waals surface area contributed by atoms with Crippen molar-refractivity contribution in [2.24, 2.45) is 0 Å². The van der Waals surface area contributed by atoms with Crippen LogP contribution in [0.15, 0.2) is 35.2 Å². The lowest BCUT2D eigenvalue weighted by atomic mass is 10.4. The van der Waals surface area contributed by atoms with Gasteiger partial charge in [-0.2, -0.15) is 0 Å². The van der Waals surface area contributed by atoms with E-state index in [0.29, 0.717) is 0 Å². The second-order valence-electron chi connectivity index (χ2n) is 1.61. The van der Waals surface area contributed by atoms with Crippen LogP contribution in [0.5, 0.6) is 0 Å². The largest absolute Gasteiger partial charge is 0.114 e. The Balaban J connectivity index is 2.59. The monoisotopic (exact) mass is 281 g/mol. The van der Waals surface area contributed by atoms with Crippen molar-refractivity contribution in [2.45, 2.75) is 4.90 Å². The minimum absolute atomic E-state index is 1.19. The lowest BCUT2D eigenvalue weighted by Gasteiger charge is -2.01. The summed E-state index contributed by atoms with van der Waals surface area (Å²) in [5, 5.41) is 0. The number of benzene rings is 1. The summed E-state index contributed by atoms with van der Waals surface area (Å²) in [5.41, 5.74) is 0. The molecule has 0 amide bonds. The molecule has 0 spiro atoms. The fourth-order valence-corrected chi connectivity index (χ4v) is 2.00. The molecular formula is C6H5Br2NS. The van der Waals surface area contributed by atoms with Crippen molar-refractivity contribution in [3.8, 4) is 0 Å². The van der Waals surface area contributed by atoms with Crippen molar-refractivity contribution >= 4 is 44.2 Å². The fraction of sp³-hybridized carbons (Fsp3) is 0. The highest BCUT2D eigenvalue weighted by Gasteiger charge is 1.95. The van der Waals surface area contributed by atoms with Crippen LogP contribution in [0.25, 0.3) is 0 Å². The zero-order valence-corrected chi connectivity index (χ0v) is 8.99. The second-order valence-corrected chi connectivity index (χ2v) is 5.93. The molecule has 1 nitrogen and oxygen atoms in total. The summed E-state index contributed by atoms with van der Waals surface area (Å²) in [5.74, 6) is 0. The van der Waals surface area contributed by atoms with Crippen molar-refractivity contribution in [3.05, 3.63) is 30.3 Å². The van der Waals surface area contributed by atoms with Crippen LogP contribution < -0.4 is 0 Å². The Hall–Kier alpha value is 0.490. The number of halogens is 2. The highest BCUT2D eigenvalue weighted by atomic mass is 79.9. The van der Waals surface area contributed by atoms with E-state index in [-0.39, 0.29) is 0 Å². The third-order valence-corrected chi connectivity index (χ3v) is 2.41. The first-order valence-corrected chi connectivity index (χ1v) is 4.83. The minimum Gasteiger partial charge on any atom is -0.114 e. The molecule has 0 N–H and O–H groups in total. The minimum atomic E-state index is 1.19. The molecule has 1 rings (SSSR count). The van der Waals surface area contributed by atoms with Crippen LogP contribution in [0.1, 0.15) is 0 Å². The Morgan fingerprint density at radius 1 is 1.10 bits per heavy atom. The fourth-order valence-electron chi connectivity index (χ4n) is 0.561. The van der Waals surface area contributed by atoms with Gasteiger partial charge in [0, 0.05) is 37.2 Å². The molecule has 54 valence electrons. The zero-order chi connectivity index (χ0) is 7.40. The standard InChI is InChI=1S/C6H5Br2NS/c7-9(8)10-6-4-2-1-3-5-6/h1-5H. The summed E-state index contributed by atoms with van der Waals surface area (Å²) >= 11 is 8.01. The van der Waals surface area contributed by atoms with Crippen molar-refractivity contribution in [3.63, 3.8) is 0 Å². The van der Waals surface area contributed by atoms with Crippen LogP contribution in [-0.4, -0.2) is 2.36 Å². The van der Waals surface area contributed by atoms with Gasteiger partial charge in [0.05, 0.1) is 0 Å². The molecule has 1 aromatic rings. The predicted molar refractivity (Wildman–Crippen MR) is 52.0 cm³/mol. The molecule has 0 saturated heterocycles. The third kappa shape index (κ3) is 3.05. The van der Waals surface area contributed by atoms with E-state index in [9.17, 15) is 0 Å². The van der Waals surface area contributed by atoms with Gasteiger partial charge >= 0.3 is 0 Å². The van der Waals surface area contributed by atoms with Gasteiger partial charge in [0.15, 0.2) is 0 Å². The average molecular weight is 283 g/mol. The molecule has 0 aromatic heterocycles. The molecule has 0 aliphatic heterocycles. The van der Waals surface area contributed by atoms with Gasteiger partial charge in [-0.15, -0.1) is 2.36 Å². The molecule has 0 unspecified atom stereocenters. The van der Waals surface area contributed by atoms with E-state index in [4.69, 9.17) is 0 Å². The SMILES string of the molecule is BrN(Br)Sc1ccccc1. The molecule has 0 aliphatic carbocycles. The molecule has 0 bridgehead atoms. The van der Waals surface area contributed by atoms with E-state index in [0.717, 1.165) is 0 Å². The van der Waals surface area contributed by atoms with Crippen LogP contribution in [0.2, 0.25) is 0 Å². The molecule has 0 fully saturated rings. The van der Waals surface area contributed by atoms with E-state index in [1.807, 2.05) is 30.3 Å². The summed E-state index contributed by atoms with van der Waals surface area (Å²) in [7, 11) is 0. The Morgan fingerprint density at radius 2 is 1.70 bits per heavy atom. The topological polar surface area (TPSA) is 3.24 Å². The molecule has 1 aromatic carbocycles. The highest BCUT2D eigenvalue weighted by molar-refractivity contribution is 9.23. The maximum absolute atomic E-state index is 3.22. The molecule has 0 heterocycles. The Labute approximate surface area is 81.6 Å². The first-order valence-electron chi connectivity index (χ1n) is 2.64. The Bertz CT molecular complexity index is 190. The van der Waals surface area contributed by atoms with E-state index in [1.54, 1.807) is 14.3 Å². The van der Waals surface area contributed by atoms with E-state index < -0.39 is 0 Å². The maximum Gasteiger partial charge on any atom is 0.0365 e. The maximum atomic E-state index is 3.22. The first-order chi connectivity index (χ1) is 4.79. The van der Waals surface area contributed by atoms with E-state index in [1.165, 1.54) is 4.90 Å². The van der Waals surface area contributed by atoms with Crippen molar-refractivity contribution in [2.75, 3.05) is 0 Å². The average Bonchev–Trinajstić information content (AvgIpc) is 1.88. The van der Waals surface area contributed by atoms with E-state index >= 15 is 0 Å². The molecule has 0 radical (unpaired) electrons. The summed E-state index contributed by atoms with van der Waals surface area (Å²) in [6, 6.07) is 10.1. The quantitative estimate of drug-likeness (QED) is 0.602. The third-order valence-electron chi connectivity index (χ3n) is 0.918. The Kier molecular flexibility index (Phi) is 3.76. The summed E-state index contributed by atoms with van der Waals surface area (Å²) in [6.07, 6.45) is 0. The van der Waals surface area contributed by atoms with Gasteiger partial charge < -0.3 is 0 Å². The van der Waals surface area contributed by atoms with Gasteiger partial charge in [-0.3, -0.25) is 0 Å². The van der Waals surface area contributed by atoms with Crippen LogP contribution in [0, 0.1) is 0 Å². The summed E-state index contributed by atoms with van der Waals surface area (Å²) < 4.78 is 1.70. The molecular weight excluding hydrogens is 278 g/mol. The van der Waals surface area contributed by atoms with Gasteiger partial charge in [-0.25, -0.2) is 0 Å². The van der Waals surface area contributed by atoms with Gasteiger partial charge in [-0.05, 0) is 24.1 Å². The van der Waals surface area contributed by atoms with E-state index in [2.05, 4.69) is 32.3 Å². The second kappa shape index (κ2) is 4.38. The predicted octanol–water partition coefficient (Wildman–Crippen LogP) is 3.62. The van der Waals surface area contributed by atoms with Gasteiger partial charge in [0.25, 0.3) is 0 Å². The van der Waals surface area contributed by atoms with Crippen LogP contribution in [-0.2, 0) is 0 Å². The van der Waals surface area contributed by atoms with Crippen molar-refractivity contribution in [1.82, 2.24) is 2.36 Å². The lowest BCUT2D eigenvalue weighted by Crippen LogP contribution is -1.78. The zero-order valence-electron chi connectivity index (χ0n) is 5.00. The Morgan fingerprint density at radius 3 is 2.20 bits per heavy atom. The molecule has 0 atom stereocenters. The summed E-state index contributed by atoms with van der Waals surface area (Å²) in [6.45, 7) is 0. The number of hydrogen-bond acceptors (Lipinski definition) is 2. The summed E-state index contributed by atoms with van der Waals surface area (Å²) in [4.78, 5) is 1.19. The number of nitrogens with zero attached hydrogens (tertiary/aromatic N) is 1. The first kappa shape index (κ1) is 8.59. The van der Waals surface area contributed by atoms with Crippen LogP contribution in [0.4, 0.5) is 0 Å². The molecule has 4 heteroatoms. The van der Waals surface area contributed by atoms with Crippen molar-refractivity contribution in [1.29, 1.82) is 0 Å². The smallest absolute Gasteiger partial charge is 0.0365 e. The van der Waals surface area contributed by atoms with Gasteiger partial charge in [-0.1, -0.05) is 18.2 Å². The molecule has 10 heavy (non-hydrogen) atoms. The van der Waals surface area contributed by atoms with Crippen LogP contribution in [0.3, 0.4) is 0 Å². The number of hydrogen-bond donors (Lipinski definition) is 0. The molecule has 0 saturated carbocycles. The van der Waals surface area contributed by atoms with Gasteiger partial charge in [0.2, 0.25) is 0 Å².